The molecule has 0 radical (unpaired) electrons. The van der Waals surface area contributed by atoms with Crippen molar-refractivity contribution in [2.75, 3.05) is 32.7 Å². The van der Waals surface area contributed by atoms with Crippen molar-refractivity contribution in [2.45, 2.75) is 56.3 Å². The topological polar surface area (TPSA) is 53.0 Å². The van der Waals surface area contributed by atoms with Gasteiger partial charge in [-0.25, -0.2) is 4.79 Å². The van der Waals surface area contributed by atoms with Gasteiger partial charge in [-0.2, -0.15) is 11.3 Å². The zero-order valence-electron chi connectivity index (χ0n) is 19.5. The molecule has 3 unspecified atom stereocenters. The van der Waals surface area contributed by atoms with Crippen molar-refractivity contribution in [1.82, 2.24) is 9.80 Å². The molecule has 5 rings (SSSR count). The minimum absolute atomic E-state index is 0.260. The number of ether oxygens (including phenoxy) is 1. The van der Waals surface area contributed by atoms with Crippen LogP contribution >= 0.6 is 34.5 Å². The molecule has 0 amide bonds. The van der Waals surface area contributed by atoms with Crippen LogP contribution in [0.5, 0.6) is 0 Å². The maximum Gasteiger partial charge on any atom is 0.335 e. The first kappa shape index (κ1) is 24.5. The molecule has 1 spiro atoms. The summed E-state index contributed by atoms with van der Waals surface area (Å²) in [5.41, 5.74) is 1.27. The van der Waals surface area contributed by atoms with Crippen LogP contribution in [0.15, 0.2) is 35.0 Å². The number of piperidine rings is 1. The van der Waals surface area contributed by atoms with E-state index in [1.807, 2.05) is 18.2 Å². The Hall–Kier alpha value is -1.15. The molecule has 0 bridgehead atoms. The first-order chi connectivity index (χ1) is 16.3. The summed E-state index contributed by atoms with van der Waals surface area (Å²) in [5.74, 6) is 0.215. The summed E-state index contributed by atoms with van der Waals surface area (Å²) in [6.07, 6.45) is 3.28. The fraction of sp³-hybridized carbons (Fsp3) is 0.577. The van der Waals surface area contributed by atoms with E-state index in [4.69, 9.17) is 27.9 Å². The van der Waals surface area contributed by atoms with Crippen LogP contribution in [0, 0.1) is 5.92 Å². The third-order valence-corrected chi connectivity index (χ3v) is 9.40. The van der Waals surface area contributed by atoms with E-state index >= 15 is 0 Å². The average Bonchev–Trinajstić information content (AvgIpc) is 3.52. The molecule has 3 atom stereocenters. The lowest BCUT2D eigenvalue weighted by Gasteiger charge is -2.41. The monoisotopic (exact) mass is 522 g/mol. The standard InChI is InChI=1S/C26H32Cl2N2O3S/c1-25(24(31)32)5-6-26(33-25)7-9-29(10-8-26)14-20-15-30(16-22(20)19-4-11-34-17-19)13-18-2-3-21(27)12-23(18)28/h2-4,11-12,17,20,22H,5-10,13-16H2,1H3,(H,31,32). The molecule has 3 aliphatic heterocycles. The molecule has 3 fully saturated rings. The molecular formula is C26H32Cl2N2O3S. The van der Waals surface area contributed by atoms with Crippen molar-refractivity contribution in [3.8, 4) is 0 Å². The predicted molar refractivity (Wildman–Crippen MR) is 137 cm³/mol. The van der Waals surface area contributed by atoms with Gasteiger partial charge in [0.1, 0.15) is 0 Å². The van der Waals surface area contributed by atoms with Gasteiger partial charge in [0, 0.05) is 55.2 Å². The first-order valence-electron chi connectivity index (χ1n) is 12.1. The molecule has 3 aliphatic rings. The van der Waals surface area contributed by atoms with Gasteiger partial charge in [0.15, 0.2) is 5.60 Å². The maximum absolute atomic E-state index is 11.6. The van der Waals surface area contributed by atoms with Crippen LogP contribution < -0.4 is 0 Å². The third kappa shape index (κ3) is 5.04. The number of thiophene rings is 1. The Morgan fingerprint density at radius 2 is 1.94 bits per heavy atom. The lowest BCUT2D eigenvalue weighted by molar-refractivity contribution is -0.175. The summed E-state index contributed by atoms with van der Waals surface area (Å²) >= 11 is 14.3. The van der Waals surface area contributed by atoms with E-state index in [9.17, 15) is 9.90 Å². The largest absolute Gasteiger partial charge is 0.479 e. The molecule has 0 aliphatic carbocycles. The number of rotatable bonds is 6. The Balaban J connectivity index is 1.23. The van der Waals surface area contributed by atoms with E-state index in [-0.39, 0.29) is 5.60 Å². The van der Waals surface area contributed by atoms with Gasteiger partial charge in [-0.05, 0) is 78.6 Å². The van der Waals surface area contributed by atoms with Crippen LogP contribution in [0.1, 0.15) is 49.7 Å². The first-order valence-corrected chi connectivity index (χ1v) is 13.8. The summed E-state index contributed by atoms with van der Waals surface area (Å²) in [6, 6.07) is 8.04. The summed E-state index contributed by atoms with van der Waals surface area (Å²) in [4.78, 5) is 16.7. The highest BCUT2D eigenvalue weighted by atomic mass is 35.5. The number of hydrogen-bond acceptors (Lipinski definition) is 5. The van der Waals surface area contributed by atoms with E-state index in [1.165, 1.54) is 5.56 Å². The van der Waals surface area contributed by atoms with Crippen LogP contribution in [0.4, 0.5) is 0 Å². The van der Waals surface area contributed by atoms with E-state index in [0.29, 0.717) is 23.3 Å². The van der Waals surface area contributed by atoms with E-state index in [1.54, 1.807) is 18.3 Å². The predicted octanol–water partition coefficient (Wildman–Crippen LogP) is 5.76. The Morgan fingerprint density at radius 3 is 2.59 bits per heavy atom. The molecule has 2 aromatic rings. The van der Waals surface area contributed by atoms with Crippen LogP contribution in [-0.4, -0.2) is 64.8 Å². The van der Waals surface area contributed by atoms with Gasteiger partial charge in [-0.1, -0.05) is 29.3 Å². The van der Waals surface area contributed by atoms with Crippen LogP contribution in [0.25, 0.3) is 0 Å². The van der Waals surface area contributed by atoms with Gasteiger partial charge in [0.25, 0.3) is 0 Å². The summed E-state index contributed by atoms with van der Waals surface area (Å²) < 4.78 is 6.19. The van der Waals surface area contributed by atoms with Crippen molar-refractivity contribution in [2.24, 2.45) is 5.92 Å². The number of halogens is 2. The zero-order chi connectivity index (χ0) is 23.9. The second kappa shape index (κ2) is 9.72. The second-order valence-electron chi connectivity index (χ2n) is 10.5. The van der Waals surface area contributed by atoms with Gasteiger partial charge in [-0.3, -0.25) is 4.90 Å². The molecule has 8 heteroatoms. The lowest BCUT2D eigenvalue weighted by atomic mass is 9.86. The normalized spacial score (nSPS) is 29.7. The average molecular weight is 524 g/mol. The van der Waals surface area contributed by atoms with Crippen LogP contribution in [-0.2, 0) is 16.1 Å². The smallest absolute Gasteiger partial charge is 0.335 e. The summed E-state index contributed by atoms with van der Waals surface area (Å²) in [7, 11) is 0. The lowest BCUT2D eigenvalue weighted by Crippen LogP contribution is -2.48. The number of hydrogen-bond donors (Lipinski definition) is 1. The van der Waals surface area contributed by atoms with Crippen molar-refractivity contribution < 1.29 is 14.6 Å². The fourth-order valence-corrected chi connectivity index (χ4v) is 7.25. The second-order valence-corrected chi connectivity index (χ2v) is 12.1. The number of nitrogens with zero attached hydrogens (tertiary/aromatic N) is 2. The summed E-state index contributed by atoms with van der Waals surface area (Å²) in [5, 5.41) is 15.4. The Kier molecular flexibility index (Phi) is 7.01. The SMILES string of the molecule is CC1(C(=O)O)CCC2(CCN(CC3CN(Cc4ccc(Cl)cc4Cl)CC3c3ccsc3)CC2)O1. The number of likely N-dealkylation sites (tertiary alicyclic amines) is 2. The fourth-order valence-electron chi connectivity index (χ4n) is 6.05. The highest BCUT2D eigenvalue weighted by Gasteiger charge is 2.52. The molecular weight excluding hydrogens is 491 g/mol. The summed E-state index contributed by atoms with van der Waals surface area (Å²) in [6.45, 7) is 7.60. The van der Waals surface area contributed by atoms with E-state index in [0.717, 1.165) is 69.1 Å². The minimum Gasteiger partial charge on any atom is -0.479 e. The molecule has 0 saturated carbocycles. The zero-order valence-corrected chi connectivity index (χ0v) is 21.8. The number of carboxylic acids is 1. The molecule has 1 aromatic carbocycles. The quantitative estimate of drug-likeness (QED) is 0.522. The molecule has 34 heavy (non-hydrogen) atoms. The van der Waals surface area contributed by atoms with Crippen molar-refractivity contribution in [3.05, 3.63) is 56.2 Å². The van der Waals surface area contributed by atoms with Gasteiger partial charge in [-0.15, -0.1) is 0 Å². The van der Waals surface area contributed by atoms with Crippen molar-refractivity contribution in [1.29, 1.82) is 0 Å². The van der Waals surface area contributed by atoms with Gasteiger partial charge < -0.3 is 14.7 Å². The minimum atomic E-state index is -1.03. The molecule has 1 aromatic heterocycles. The molecule has 4 heterocycles. The van der Waals surface area contributed by atoms with E-state index < -0.39 is 11.6 Å². The van der Waals surface area contributed by atoms with Gasteiger partial charge >= 0.3 is 5.97 Å². The highest BCUT2D eigenvalue weighted by Crippen LogP contribution is 2.45. The maximum atomic E-state index is 11.6. The Morgan fingerprint density at radius 1 is 1.15 bits per heavy atom. The number of benzene rings is 1. The highest BCUT2D eigenvalue weighted by molar-refractivity contribution is 7.08. The molecule has 1 N–H and O–H groups in total. The Labute approximate surface area is 215 Å². The van der Waals surface area contributed by atoms with Gasteiger partial charge in [0.05, 0.1) is 5.60 Å². The number of carbonyl (C=O) groups is 1. The van der Waals surface area contributed by atoms with Crippen LogP contribution in [0.3, 0.4) is 0 Å². The molecule has 3 saturated heterocycles. The van der Waals surface area contributed by atoms with E-state index in [2.05, 4.69) is 26.6 Å². The van der Waals surface area contributed by atoms with Gasteiger partial charge in [0.2, 0.25) is 0 Å². The van der Waals surface area contributed by atoms with Crippen LogP contribution in [0.2, 0.25) is 10.0 Å². The van der Waals surface area contributed by atoms with Crippen molar-refractivity contribution in [3.63, 3.8) is 0 Å². The number of carboxylic acid groups (broad SMARTS) is 1. The Bertz CT molecular complexity index is 1030. The number of aliphatic carboxylic acids is 1. The van der Waals surface area contributed by atoms with Crippen molar-refractivity contribution >= 4 is 40.5 Å². The molecule has 5 nitrogen and oxygen atoms in total. The molecule has 184 valence electrons. The third-order valence-electron chi connectivity index (χ3n) is 8.11.